The van der Waals surface area contributed by atoms with Crippen molar-refractivity contribution in [3.05, 3.63) is 281 Å². The fourth-order valence-electron chi connectivity index (χ4n) is 12.8. The highest BCUT2D eigenvalue weighted by molar-refractivity contribution is 5.97. The number of hydrogen-bond acceptors (Lipinski definition) is 1. The van der Waals surface area contributed by atoms with Crippen molar-refractivity contribution >= 4 is 17.1 Å². The molecule has 1 heteroatoms. The Morgan fingerprint density at radius 2 is 0.758 bits per heavy atom. The first-order valence-corrected chi connectivity index (χ1v) is 23.4. The number of hydrogen-bond donors (Lipinski definition) is 0. The molecular weight excluding hydrogens is 795 g/mol. The number of nitrogens with zero attached hydrogens (tertiary/aromatic N) is 1. The van der Waals surface area contributed by atoms with Crippen molar-refractivity contribution < 1.29 is 0 Å². The van der Waals surface area contributed by atoms with Crippen LogP contribution in [0.3, 0.4) is 0 Å². The number of anilines is 3. The highest BCUT2D eigenvalue weighted by Crippen LogP contribution is 2.65. The van der Waals surface area contributed by atoms with Crippen molar-refractivity contribution in [2.75, 3.05) is 4.90 Å². The monoisotopic (exact) mass is 839 g/mol. The van der Waals surface area contributed by atoms with E-state index in [4.69, 9.17) is 0 Å². The molecule has 10 aromatic rings. The third-order valence-corrected chi connectivity index (χ3v) is 15.6. The first-order chi connectivity index (χ1) is 32.5. The van der Waals surface area contributed by atoms with Gasteiger partial charge in [-0.1, -0.05) is 208 Å². The molecule has 1 unspecified atom stereocenters. The average molecular weight is 840 g/mol. The fourth-order valence-corrected chi connectivity index (χ4v) is 12.8. The van der Waals surface area contributed by atoms with Gasteiger partial charge in [0.1, 0.15) is 0 Å². The molecule has 0 bridgehead atoms. The topological polar surface area (TPSA) is 3.24 Å². The summed E-state index contributed by atoms with van der Waals surface area (Å²) in [6.45, 7) is 4.75. The predicted molar refractivity (Wildman–Crippen MR) is 273 cm³/mol. The SMILES string of the molecule is CC1(C)c2ccccc2-c2ccc(N(c3ccc(-c4ccccc4)cc3)c3ccc4c(c3)C(c3cccc5c3-c3ccccc3C53c5ccccc5-c5ccccc53)c3ccccc3-4)cc21. The van der Waals surface area contributed by atoms with E-state index in [0.717, 1.165) is 17.1 Å². The summed E-state index contributed by atoms with van der Waals surface area (Å²) in [5.74, 6) is 0.0250. The molecule has 0 N–H and O–H groups in total. The molecule has 1 nitrogen and oxygen atoms in total. The van der Waals surface area contributed by atoms with Gasteiger partial charge in [-0.3, -0.25) is 0 Å². The lowest BCUT2D eigenvalue weighted by Gasteiger charge is -2.31. The molecule has 10 aromatic carbocycles. The smallest absolute Gasteiger partial charge is 0.0725 e. The van der Waals surface area contributed by atoms with Gasteiger partial charge in [0, 0.05) is 28.4 Å². The molecule has 66 heavy (non-hydrogen) atoms. The van der Waals surface area contributed by atoms with Gasteiger partial charge in [0.15, 0.2) is 0 Å². The Morgan fingerprint density at radius 3 is 1.45 bits per heavy atom. The van der Waals surface area contributed by atoms with E-state index in [0.29, 0.717) is 0 Å². The van der Waals surface area contributed by atoms with Crippen LogP contribution in [0.15, 0.2) is 231 Å². The summed E-state index contributed by atoms with van der Waals surface area (Å²) in [6, 6.07) is 87.0. The molecule has 1 atom stereocenters. The minimum atomic E-state index is -0.401. The third-order valence-electron chi connectivity index (χ3n) is 15.6. The van der Waals surface area contributed by atoms with Crippen molar-refractivity contribution in [1.29, 1.82) is 0 Å². The Balaban J connectivity index is 0.982. The van der Waals surface area contributed by atoms with Crippen molar-refractivity contribution in [1.82, 2.24) is 0 Å². The Hall–Kier alpha value is -8.00. The molecule has 4 aliphatic rings. The molecule has 0 saturated carbocycles. The summed E-state index contributed by atoms with van der Waals surface area (Å²) in [6.07, 6.45) is 0. The lowest BCUT2D eigenvalue weighted by Crippen LogP contribution is -2.25. The van der Waals surface area contributed by atoms with Crippen LogP contribution in [0, 0.1) is 0 Å². The molecule has 0 aliphatic heterocycles. The van der Waals surface area contributed by atoms with E-state index >= 15 is 0 Å². The highest BCUT2D eigenvalue weighted by Gasteiger charge is 2.52. The van der Waals surface area contributed by atoms with Crippen LogP contribution in [-0.2, 0) is 10.8 Å². The van der Waals surface area contributed by atoms with Crippen LogP contribution in [0.4, 0.5) is 17.1 Å². The van der Waals surface area contributed by atoms with Crippen LogP contribution >= 0.6 is 0 Å². The normalized spacial score (nSPS) is 15.5. The van der Waals surface area contributed by atoms with Crippen LogP contribution in [-0.4, -0.2) is 0 Å². The molecule has 310 valence electrons. The maximum absolute atomic E-state index is 2.51. The zero-order chi connectivity index (χ0) is 43.7. The van der Waals surface area contributed by atoms with E-state index < -0.39 is 5.41 Å². The van der Waals surface area contributed by atoms with Gasteiger partial charge in [0.2, 0.25) is 0 Å². The van der Waals surface area contributed by atoms with Gasteiger partial charge in [0.05, 0.1) is 5.41 Å². The van der Waals surface area contributed by atoms with E-state index in [1.54, 1.807) is 0 Å². The van der Waals surface area contributed by atoms with Crippen LogP contribution < -0.4 is 4.90 Å². The average Bonchev–Trinajstić information content (AvgIpc) is 4.05. The molecule has 0 aromatic heterocycles. The molecule has 0 amide bonds. The van der Waals surface area contributed by atoms with Crippen molar-refractivity contribution in [2.45, 2.75) is 30.6 Å². The summed E-state index contributed by atoms with van der Waals surface area (Å²) in [5, 5.41) is 0. The Kier molecular flexibility index (Phi) is 7.79. The van der Waals surface area contributed by atoms with E-state index in [1.807, 2.05) is 0 Å². The Morgan fingerprint density at radius 1 is 0.303 bits per heavy atom. The molecule has 0 radical (unpaired) electrons. The lowest BCUT2D eigenvalue weighted by atomic mass is 9.70. The molecule has 0 fully saturated rings. The van der Waals surface area contributed by atoms with Crippen LogP contribution in [0.2, 0.25) is 0 Å². The molecular formula is C65H45N. The first-order valence-electron chi connectivity index (χ1n) is 23.4. The van der Waals surface area contributed by atoms with Gasteiger partial charge < -0.3 is 4.90 Å². The predicted octanol–water partition coefficient (Wildman–Crippen LogP) is 16.6. The van der Waals surface area contributed by atoms with Gasteiger partial charge in [-0.05, 0) is 142 Å². The largest absolute Gasteiger partial charge is 0.310 e. The quantitative estimate of drug-likeness (QED) is 0.167. The molecule has 0 saturated heterocycles. The van der Waals surface area contributed by atoms with E-state index in [9.17, 15) is 0 Å². The second-order valence-electron chi connectivity index (χ2n) is 19.1. The molecule has 1 spiro atoms. The van der Waals surface area contributed by atoms with Gasteiger partial charge in [-0.15, -0.1) is 0 Å². The standard InChI is InChI=1S/C65H45N/c1-64(2)56-26-12-8-20-48(56)51-38-36-45(40-61(51)64)66(43-33-31-42(32-34-43)41-17-4-3-5-18-41)44-35-37-47-46-19-6-7-23-52(46)62(55(47)39-44)54-25-16-30-60-63(54)53-24-11-15-29-59(53)65(60)57-27-13-9-21-49(57)50-22-10-14-28-58(50)65/h3-40,62H,1-2H3. The number of rotatable bonds is 5. The zero-order valence-corrected chi connectivity index (χ0v) is 37.0. The summed E-state index contributed by atoms with van der Waals surface area (Å²) >= 11 is 0. The Bertz CT molecular complexity index is 3580. The summed E-state index contributed by atoms with van der Waals surface area (Å²) < 4.78 is 0. The Labute approximate surface area is 387 Å². The second kappa shape index (κ2) is 13.8. The zero-order valence-electron chi connectivity index (χ0n) is 37.0. The van der Waals surface area contributed by atoms with Crippen LogP contribution in [0.25, 0.3) is 55.6 Å². The van der Waals surface area contributed by atoms with E-state index in [-0.39, 0.29) is 11.3 Å². The number of benzene rings is 10. The second-order valence-corrected chi connectivity index (χ2v) is 19.1. The molecule has 4 aliphatic carbocycles. The summed E-state index contributed by atoms with van der Waals surface area (Å²) in [5.41, 5.74) is 28.3. The highest BCUT2D eigenvalue weighted by atomic mass is 15.1. The van der Waals surface area contributed by atoms with Gasteiger partial charge in [-0.25, -0.2) is 0 Å². The van der Waals surface area contributed by atoms with Gasteiger partial charge in [-0.2, -0.15) is 0 Å². The summed E-state index contributed by atoms with van der Waals surface area (Å²) in [4.78, 5) is 2.49. The minimum absolute atomic E-state index is 0.0250. The van der Waals surface area contributed by atoms with E-state index in [1.165, 1.54) is 106 Å². The number of fused-ring (bicyclic) bond motifs is 16. The lowest BCUT2D eigenvalue weighted by molar-refractivity contribution is 0.660. The van der Waals surface area contributed by atoms with E-state index in [2.05, 4.69) is 249 Å². The van der Waals surface area contributed by atoms with Crippen molar-refractivity contribution in [2.24, 2.45) is 0 Å². The maximum Gasteiger partial charge on any atom is 0.0725 e. The van der Waals surface area contributed by atoms with Gasteiger partial charge in [0.25, 0.3) is 0 Å². The molecule has 14 rings (SSSR count). The maximum atomic E-state index is 2.51. The third kappa shape index (κ3) is 4.95. The van der Waals surface area contributed by atoms with Crippen LogP contribution in [0.1, 0.15) is 69.8 Å². The van der Waals surface area contributed by atoms with Crippen molar-refractivity contribution in [3.63, 3.8) is 0 Å². The van der Waals surface area contributed by atoms with Crippen molar-refractivity contribution in [3.8, 4) is 55.6 Å². The van der Waals surface area contributed by atoms with Crippen LogP contribution in [0.5, 0.6) is 0 Å². The first kappa shape index (κ1) is 37.4. The summed E-state index contributed by atoms with van der Waals surface area (Å²) in [7, 11) is 0. The fraction of sp³-hybridized carbons (Fsp3) is 0.0769. The molecule has 0 heterocycles. The van der Waals surface area contributed by atoms with Gasteiger partial charge >= 0.3 is 0 Å². The minimum Gasteiger partial charge on any atom is -0.310 e.